The van der Waals surface area contributed by atoms with E-state index in [-0.39, 0.29) is 11.1 Å². The van der Waals surface area contributed by atoms with Gasteiger partial charge in [-0.2, -0.15) is 0 Å². The number of hydrogen-bond acceptors (Lipinski definition) is 2. The van der Waals surface area contributed by atoms with Gasteiger partial charge in [-0.15, -0.1) is 0 Å². The lowest BCUT2D eigenvalue weighted by Crippen LogP contribution is -2.56. The van der Waals surface area contributed by atoms with Crippen LogP contribution in [0.15, 0.2) is 42.5 Å². The fourth-order valence-electron chi connectivity index (χ4n) is 7.87. The number of carboxylic acid groups (broad SMARTS) is 2. The monoisotopic (exact) mass is 452 g/mol. The summed E-state index contributed by atoms with van der Waals surface area (Å²) in [6, 6.07) is 12.7. The van der Waals surface area contributed by atoms with Gasteiger partial charge in [-0.25, -0.2) is 9.59 Å². The molecule has 0 saturated heterocycles. The van der Waals surface area contributed by atoms with E-state index in [0.29, 0.717) is 21.8 Å². The minimum Gasteiger partial charge on any atom is -0.478 e. The largest absolute Gasteiger partial charge is 0.478 e. The molecular formula is C30H28O4. The summed E-state index contributed by atoms with van der Waals surface area (Å²) in [6.45, 7) is 5.00. The Morgan fingerprint density at radius 2 is 1.32 bits per heavy atom. The first-order valence-electron chi connectivity index (χ1n) is 11.8. The van der Waals surface area contributed by atoms with Crippen molar-refractivity contribution in [3.8, 4) is 23.7 Å². The molecule has 4 bridgehead atoms. The van der Waals surface area contributed by atoms with Crippen LogP contribution in [0, 0.1) is 40.4 Å². The molecule has 0 amide bonds. The third-order valence-electron chi connectivity index (χ3n) is 8.08. The fraction of sp³-hybridized carbons (Fsp3) is 0.400. The molecule has 2 aromatic carbocycles. The van der Waals surface area contributed by atoms with E-state index in [1.165, 1.54) is 62.3 Å². The molecule has 2 unspecified atom stereocenters. The average molecular weight is 453 g/mol. The Bertz CT molecular complexity index is 1290. The van der Waals surface area contributed by atoms with Crippen LogP contribution < -0.4 is 0 Å². The van der Waals surface area contributed by atoms with E-state index in [0.717, 1.165) is 11.5 Å². The van der Waals surface area contributed by atoms with Gasteiger partial charge in [0, 0.05) is 11.1 Å². The zero-order chi connectivity index (χ0) is 24.1. The van der Waals surface area contributed by atoms with Crippen LogP contribution >= 0.6 is 0 Å². The summed E-state index contributed by atoms with van der Waals surface area (Å²) < 4.78 is 0. The lowest BCUT2D eigenvalue weighted by atomic mass is 9.39. The van der Waals surface area contributed by atoms with E-state index >= 15 is 0 Å². The molecule has 172 valence electrons. The molecule has 4 nitrogen and oxygen atoms in total. The Morgan fingerprint density at radius 3 is 1.88 bits per heavy atom. The molecule has 0 radical (unpaired) electrons. The van der Waals surface area contributed by atoms with E-state index in [2.05, 4.69) is 61.8 Å². The second-order valence-corrected chi connectivity index (χ2v) is 11.4. The van der Waals surface area contributed by atoms with Gasteiger partial charge >= 0.3 is 11.9 Å². The highest BCUT2D eigenvalue weighted by Gasteiger charge is 2.60. The lowest BCUT2D eigenvalue weighted by molar-refractivity contribution is -0.110. The van der Waals surface area contributed by atoms with Gasteiger partial charge in [-0.3, -0.25) is 0 Å². The average Bonchev–Trinajstić information content (AvgIpc) is 2.74. The van der Waals surface area contributed by atoms with Crippen LogP contribution in [-0.2, 0) is 5.41 Å². The van der Waals surface area contributed by atoms with Crippen LogP contribution in [0.25, 0.3) is 0 Å². The summed E-state index contributed by atoms with van der Waals surface area (Å²) in [7, 11) is 0. The van der Waals surface area contributed by atoms with Crippen LogP contribution in [0.1, 0.15) is 89.8 Å². The second kappa shape index (κ2) is 7.78. The Kier molecular flexibility index (Phi) is 5.10. The van der Waals surface area contributed by atoms with Crippen molar-refractivity contribution < 1.29 is 19.8 Å². The van der Waals surface area contributed by atoms with E-state index in [4.69, 9.17) is 5.11 Å². The number of benzene rings is 2. The van der Waals surface area contributed by atoms with Crippen molar-refractivity contribution in [3.63, 3.8) is 0 Å². The SMILES string of the molecule is CC12CC3CC(C)(C1)CC(c1ccc(C#CC#Cc4ccc(C(=O)O)c(C(=O)O)c4)cc1)(C3)C2. The fourth-order valence-corrected chi connectivity index (χ4v) is 7.87. The summed E-state index contributed by atoms with van der Waals surface area (Å²) in [5.74, 6) is 9.72. The van der Waals surface area contributed by atoms with Crippen molar-refractivity contribution in [2.24, 2.45) is 16.7 Å². The van der Waals surface area contributed by atoms with Crippen molar-refractivity contribution in [2.45, 2.75) is 57.8 Å². The van der Waals surface area contributed by atoms with Crippen LogP contribution in [0.4, 0.5) is 0 Å². The highest BCUT2D eigenvalue weighted by atomic mass is 16.4. The maximum Gasteiger partial charge on any atom is 0.336 e. The molecule has 2 aromatic rings. The van der Waals surface area contributed by atoms with Gasteiger partial charge in [0.25, 0.3) is 0 Å². The predicted octanol–water partition coefficient (Wildman–Crippen LogP) is 5.73. The number of hydrogen-bond donors (Lipinski definition) is 2. The number of carbonyl (C=O) groups is 2. The van der Waals surface area contributed by atoms with Crippen LogP contribution in [-0.4, -0.2) is 22.2 Å². The quantitative estimate of drug-likeness (QED) is 0.583. The van der Waals surface area contributed by atoms with Crippen LogP contribution in [0.3, 0.4) is 0 Å². The molecule has 2 atom stereocenters. The molecule has 0 aliphatic heterocycles. The van der Waals surface area contributed by atoms with Crippen LogP contribution in [0.2, 0.25) is 0 Å². The minimum atomic E-state index is -1.30. The molecule has 4 saturated carbocycles. The van der Waals surface area contributed by atoms with Crippen molar-refractivity contribution in [1.29, 1.82) is 0 Å². The predicted molar refractivity (Wildman–Crippen MR) is 130 cm³/mol. The maximum absolute atomic E-state index is 11.3. The van der Waals surface area contributed by atoms with Crippen molar-refractivity contribution >= 4 is 11.9 Å². The van der Waals surface area contributed by atoms with Gasteiger partial charge < -0.3 is 10.2 Å². The number of carboxylic acids is 2. The summed E-state index contributed by atoms with van der Waals surface area (Å²) in [5, 5.41) is 18.4. The first-order valence-corrected chi connectivity index (χ1v) is 11.8. The molecule has 6 rings (SSSR count). The van der Waals surface area contributed by atoms with Gasteiger partial charge in [0.1, 0.15) is 0 Å². The van der Waals surface area contributed by atoms with E-state index in [1.54, 1.807) is 0 Å². The Hall–Kier alpha value is -3.50. The van der Waals surface area contributed by atoms with Crippen LogP contribution in [0.5, 0.6) is 0 Å². The molecule has 0 heterocycles. The van der Waals surface area contributed by atoms with Gasteiger partial charge in [0.15, 0.2) is 0 Å². The summed E-state index contributed by atoms with van der Waals surface area (Å²) >= 11 is 0. The molecule has 4 heteroatoms. The molecule has 4 aliphatic carbocycles. The highest BCUT2D eigenvalue weighted by Crippen LogP contribution is 2.69. The zero-order valence-corrected chi connectivity index (χ0v) is 19.6. The smallest absolute Gasteiger partial charge is 0.336 e. The van der Waals surface area contributed by atoms with Gasteiger partial charge in [-0.05, 0) is 108 Å². The molecule has 2 N–H and O–H groups in total. The maximum atomic E-state index is 11.3. The van der Waals surface area contributed by atoms with Crippen molar-refractivity contribution in [2.75, 3.05) is 0 Å². The lowest BCUT2D eigenvalue weighted by Gasteiger charge is -2.65. The summed E-state index contributed by atoms with van der Waals surface area (Å²) in [6.07, 6.45) is 8.05. The third kappa shape index (κ3) is 3.99. The molecule has 4 fully saturated rings. The molecule has 0 spiro atoms. The summed E-state index contributed by atoms with van der Waals surface area (Å²) in [5.41, 5.74) is 3.48. The van der Waals surface area contributed by atoms with Gasteiger partial charge in [-0.1, -0.05) is 37.8 Å². The standard InChI is InChI=1S/C30H28O4/c1-28-14-22-15-29(2,17-28)19-30(16-22,18-28)23-10-7-20(8-11-23)5-3-4-6-21-9-12-24(26(31)32)25(13-21)27(33)34/h7-13,22H,14-19H2,1-2H3,(H,31,32)(H,33,34). The van der Waals surface area contributed by atoms with Gasteiger partial charge in [0.2, 0.25) is 0 Å². The first kappa shape index (κ1) is 22.3. The molecule has 4 aliphatic rings. The third-order valence-corrected chi connectivity index (χ3v) is 8.08. The highest BCUT2D eigenvalue weighted by molar-refractivity contribution is 6.01. The zero-order valence-electron chi connectivity index (χ0n) is 19.6. The first-order chi connectivity index (χ1) is 16.1. The molecule has 34 heavy (non-hydrogen) atoms. The Labute approximate surface area is 200 Å². The number of aromatic carboxylic acids is 2. The minimum absolute atomic E-state index is 0.258. The van der Waals surface area contributed by atoms with Crippen molar-refractivity contribution in [3.05, 3.63) is 70.3 Å². The molecular weight excluding hydrogens is 424 g/mol. The Balaban J connectivity index is 1.34. The van der Waals surface area contributed by atoms with E-state index < -0.39 is 11.9 Å². The summed E-state index contributed by atoms with van der Waals surface area (Å²) in [4.78, 5) is 22.5. The number of rotatable bonds is 3. The van der Waals surface area contributed by atoms with E-state index in [9.17, 15) is 14.7 Å². The van der Waals surface area contributed by atoms with Gasteiger partial charge in [0.05, 0.1) is 11.1 Å². The normalized spacial score (nSPS) is 30.6. The topological polar surface area (TPSA) is 74.6 Å². The van der Waals surface area contributed by atoms with Crippen molar-refractivity contribution in [1.82, 2.24) is 0 Å². The Morgan fingerprint density at radius 1 is 0.765 bits per heavy atom. The molecule has 0 aromatic heterocycles. The second-order valence-electron chi connectivity index (χ2n) is 11.4. The van der Waals surface area contributed by atoms with E-state index in [1.807, 2.05) is 0 Å².